The van der Waals surface area contributed by atoms with Gasteiger partial charge in [0.25, 0.3) is 0 Å². The fourth-order valence-corrected chi connectivity index (χ4v) is 1.46. The quantitative estimate of drug-likeness (QED) is 0.566. The molecule has 1 atom stereocenters. The third-order valence-corrected chi connectivity index (χ3v) is 2.25. The summed E-state index contributed by atoms with van der Waals surface area (Å²) in [7, 11) is 1.73. The van der Waals surface area contributed by atoms with Crippen LogP contribution in [0.2, 0.25) is 0 Å². The second kappa shape index (κ2) is 4.69. The van der Waals surface area contributed by atoms with Crippen molar-refractivity contribution in [2.75, 3.05) is 7.05 Å². The van der Waals surface area contributed by atoms with Gasteiger partial charge in [-0.15, -0.1) is 0 Å². The first-order chi connectivity index (χ1) is 7.78. The van der Waals surface area contributed by atoms with Gasteiger partial charge in [-0.25, -0.2) is 4.99 Å². The Morgan fingerprint density at radius 3 is 2.81 bits per heavy atom. The third kappa shape index (κ3) is 2.53. The van der Waals surface area contributed by atoms with Crippen molar-refractivity contribution in [1.29, 1.82) is 0 Å². The van der Waals surface area contributed by atoms with Gasteiger partial charge in [0.15, 0.2) is 11.9 Å². The molecule has 16 heavy (non-hydrogen) atoms. The molecule has 0 saturated carbocycles. The predicted octanol–water partition coefficient (Wildman–Crippen LogP) is -0.0151. The summed E-state index contributed by atoms with van der Waals surface area (Å²) in [5.74, 6) is 1.48. The van der Waals surface area contributed by atoms with Crippen LogP contribution in [-0.4, -0.2) is 30.1 Å². The molecule has 0 bridgehead atoms. The van der Waals surface area contributed by atoms with Gasteiger partial charge in [0.1, 0.15) is 0 Å². The molecule has 1 aliphatic rings. The molecular weight excluding hydrogens is 204 g/mol. The minimum Gasteiger partial charge on any atom is -0.367 e. The van der Waals surface area contributed by atoms with Crippen LogP contribution in [0.25, 0.3) is 0 Å². The van der Waals surface area contributed by atoms with E-state index < -0.39 is 0 Å². The van der Waals surface area contributed by atoms with E-state index in [0.717, 1.165) is 17.5 Å². The molecule has 0 spiro atoms. The first-order valence-electron chi connectivity index (χ1n) is 5.21. The molecule has 1 fully saturated rings. The predicted molar refractivity (Wildman–Crippen MR) is 64.2 cm³/mol. The van der Waals surface area contributed by atoms with E-state index in [0.29, 0.717) is 6.54 Å². The van der Waals surface area contributed by atoms with Crippen LogP contribution in [-0.2, 0) is 6.54 Å². The topological polar surface area (TPSA) is 76.6 Å². The zero-order chi connectivity index (χ0) is 11.4. The van der Waals surface area contributed by atoms with Gasteiger partial charge in [0.05, 0.1) is 12.7 Å². The van der Waals surface area contributed by atoms with Gasteiger partial charge in [-0.05, 0) is 18.6 Å². The third-order valence-electron chi connectivity index (χ3n) is 2.25. The molecule has 1 saturated heterocycles. The summed E-state index contributed by atoms with van der Waals surface area (Å²) in [5.41, 5.74) is 1.15. The van der Waals surface area contributed by atoms with Crippen LogP contribution in [0.5, 0.6) is 0 Å². The summed E-state index contributed by atoms with van der Waals surface area (Å²) in [6.45, 7) is 2.65. The fourth-order valence-electron chi connectivity index (χ4n) is 1.46. The number of aliphatic imine (C=N–C) groups is 2. The first-order valence-corrected chi connectivity index (χ1v) is 5.21. The summed E-state index contributed by atoms with van der Waals surface area (Å²) in [6.07, 6.45) is 3.95. The van der Waals surface area contributed by atoms with Gasteiger partial charge < -0.3 is 15.6 Å². The summed E-state index contributed by atoms with van der Waals surface area (Å²) in [6, 6.07) is 2.00. The standard InChI is InChI=1S/C10H16N6/c1-7-14-9(11-2)16-10(15-7)13-6-8-3-4-12-5-8/h3-5,7,12H,6H2,1-2H3,(H3,11,13,14,15,16). The first kappa shape index (κ1) is 10.5. The average molecular weight is 220 g/mol. The lowest BCUT2D eigenvalue weighted by molar-refractivity contribution is 0.584. The average Bonchev–Trinajstić information content (AvgIpc) is 2.78. The number of aromatic amines is 1. The normalized spacial score (nSPS) is 25.0. The Bertz CT molecular complexity index is 391. The van der Waals surface area contributed by atoms with Crippen LogP contribution in [0.3, 0.4) is 0 Å². The van der Waals surface area contributed by atoms with Crippen molar-refractivity contribution >= 4 is 11.9 Å². The Labute approximate surface area is 94.3 Å². The second-order valence-corrected chi connectivity index (χ2v) is 3.59. The van der Waals surface area contributed by atoms with Crippen molar-refractivity contribution in [2.24, 2.45) is 9.98 Å². The fraction of sp³-hybridized carbons (Fsp3) is 0.400. The van der Waals surface area contributed by atoms with E-state index >= 15 is 0 Å². The van der Waals surface area contributed by atoms with Gasteiger partial charge >= 0.3 is 0 Å². The smallest absolute Gasteiger partial charge is 0.200 e. The van der Waals surface area contributed by atoms with Crippen LogP contribution in [0.4, 0.5) is 0 Å². The minimum atomic E-state index is 0.130. The van der Waals surface area contributed by atoms with E-state index in [1.165, 1.54) is 0 Å². The van der Waals surface area contributed by atoms with Crippen LogP contribution >= 0.6 is 0 Å². The van der Waals surface area contributed by atoms with Crippen molar-refractivity contribution < 1.29 is 0 Å². The Hall–Kier alpha value is -1.98. The molecule has 1 aromatic rings. The monoisotopic (exact) mass is 220 g/mol. The van der Waals surface area contributed by atoms with Gasteiger partial charge in [-0.3, -0.25) is 10.3 Å². The molecule has 0 radical (unpaired) electrons. The number of hydrogen-bond donors (Lipinski definition) is 4. The zero-order valence-corrected chi connectivity index (χ0v) is 9.41. The van der Waals surface area contributed by atoms with Gasteiger partial charge in [0, 0.05) is 19.4 Å². The lowest BCUT2D eigenvalue weighted by Gasteiger charge is -2.27. The van der Waals surface area contributed by atoms with Crippen LogP contribution in [0.1, 0.15) is 12.5 Å². The maximum absolute atomic E-state index is 4.43. The van der Waals surface area contributed by atoms with Crippen LogP contribution in [0.15, 0.2) is 28.4 Å². The van der Waals surface area contributed by atoms with Crippen LogP contribution in [0, 0.1) is 0 Å². The zero-order valence-electron chi connectivity index (χ0n) is 9.41. The second-order valence-electron chi connectivity index (χ2n) is 3.59. The molecule has 6 nitrogen and oxygen atoms in total. The molecule has 2 heterocycles. The number of H-pyrrole nitrogens is 1. The molecule has 6 heteroatoms. The number of hydrogen-bond acceptors (Lipinski definition) is 2. The molecule has 2 rings (SSSR count). The number of nitrogens with one attached hydrogen (secondary N) is 4. The highest BCUT2D eigenvalue weighted by molar-refractivity contribution is 6.00. The number of aromatic nitrogens is 1. The number of guanidine groups is 2. The van der Waals surface area contributed by atoms with E-state index in [2.05, 4.69) is 30.9 Å². The van der Waals surface area contributed by atoms with E-state index in [-0.39, 0.29) is 6.17 Å². The van der Waals surface area contributed by atoms with E-state index in [9.17, 15) is 0 Å². The van der Waals surface area contributed by atoms with E-state index in [1.807, 2.05) is 25.4 Å². The minimum absolute atomic E-state index is 0.130. The van der Waals surface area contributed by atoms with Crippen molar-refractivity contribution in [3.8, 4) is 0 Å². The Kier molecular flexibility index (Phi) is 3.09. The molecule has 0 amide bonds. The number of rotatable bonds is 2. The molecule has 0 aromatic carbocycles. The van der Waals surface area contributed by atoms with Gasteiger partial charge in [-0.1, -0.05) is 0 Å². The Morgan fingerprint density at radius 1 is 1.31 bits per heavy atom. The highest BCUT2D eigenvalue weighted by atomic mass is 15.4. The largest absolute Gasteiger partial charge is 0.367 e. The summed E-state index contributed by atoms with van der Waals surface area (Å²) in [5, 5.41) is 9.37. The Balaban J connectivity index is 2.00. The summed E-state index contributed by atoms with van der Waals surface area (Å²) < 4.78 is 0. The summed E-state index contributed by atoms with van der Waals surface area (Å²) >= 11 is 0. The molecule has 86 valence electrons. The number of nitrogens with zero attached hydrogens (tertiary/aromatic N) is 2. The SMILES string of the molecule is CN=C1NC(=NCc2cc[nH]c2)NC(C)N1. The maximum atomic E-state index is 4.43. The highest BCUT2D eigenvalue weighted by Gasteiger charge is 2.14. The molecule has 4 N–H and O–H groups in total. The molecule has 1 aliphatic heterocycles. The van der Waals surface area contributed by atoms with Crippen molar-refractivity contribution in [3.05, 3.63) is 24.0 Å². The van der Waals surface area contributed by atoms with E-state index in [4.69, 9.17) is 0 Å². The maximum Gasteiger partial charge on any atom is 0.200 e. The molecule has 0 aliphatic carbocycles. The molecule has 1 aromatic heterocycles. The van der Waals surface area contributed by atoms with Crippen LogP contribution < -0.4 is 16.0 Å². The highest BCUT2D eigenvalue weighted by Crippen LogP contribution is 1.98. The summed E-state index contributed by atoms with van der Waals surface area (Å²) in [4.78, 5) is 11.5. The van der Waals surface area contributed by atoms with Gasteiger partial charge in [0.2, 0.25) is 0 Å². The lowest BCUT2D eigenvalue weighted by atomic mass is 10.3. The Morgan fingerprint density at radius 2 is 2.12 bits per heavy atom. The van der Waals surface area contributed by atoms with Crippen molar-refractivity contribution in [1.82, 2.24) is 20.9 Å². The molecular formula is C10H16N6. The molecule has 1 unspecified atom stereocenters. The van der Waals surface area contributed by atoms with Crippen molar-refractivity contribution in [2.45, 2.75) is 19.6 Å². The van der Waals surface area contributed by atoms with Gasteiger partial charge in [-0.2, -0.15) is 0 Å². The van der Waals surface area contributed by atoms with E-state index in [1.54, 1.807) is 7.05 Å². The van der Waals surface area contributed by atoms with Crippen molar-refractivity contribution in [3.63, 3.8) is 0 Å². The lowest BCUT2D eigenvalue weighted by Crippen LogP contribution is -2.61.